The quantitative estimate of drug-likeness (QED) is 0.555. The van der Waals surface area contributed by atoms with Gasteiger partial charge in [0.1, 0.15) is 22.6 Å². The molecule has 2 heterocycles. The molecule has 1 aromatic carbocycles. The lowest BCUT2D eigenvalue weighted by atomic mass is 10.1. The third kappa shape index (κ3) is 4.96. The molecule has 0 aliphatic rings. The molecule has 0 spiro atoms. The van der Waals surface area contributed by atoms with Crippen molar-refractivity contribution in [1.29, 1.82) is 5.26 Å². The van der Waals surface area contributed by atoms with E-state index < -0.39 is 11.9 Å². The Hall–Kier alpha value is -3.97. The molecule has 0 unspecified atom stereocenters. The van der Waals surface area contributed by atoms with Gasteiger partial charge in [-0.2, -0.15) is 10.4 Å². The third-order valence-corrected chi connectivity index (χ3v) is 5.25. The molecule has 31 heavy (non-hydrogen) atoms. The molecule has 3 rings (SSSR count). The zero-order chi connectivity index (χ0) is 22.4. The first-order chi connectivity index (χ1) is 14.9. The Morgan fingerprint density at radius 1 is 1.16 bits per heavy atom. The number of ether oxygens (including phenoxy) is 2. The van der Waals surface area contributed by atoms with E-state index in [0.29, 0.717) is 0 Å². The number of nitriles is 1. The van der Waals surface area contributed by atoms with Crippen molar-refractivity contribution >= 4 is 28.3 Å². The first-order valence-corrected chi connectivity index (χ1v) is 10.0. The average molecular weight is 438 g/mol. The van der Waals surface area contributed by atoms with Crippen LogP contribution in [0.4, 0.5) is 5.00 Å². The minimum absolute atomic E-state index is 0.0582. The Balaban J connectivity index is 1.80. The first kappa shape index (κ1) is 21.7. The zero-order valence-corrected chi connectivity index (χ0v) is 17.3. The summed E-state index contributed by atoms with van der Waals surface area (Å²) in [5.74, 6) is -1.47. The molecule has 2 aromatic heterocycles. The maximum Gasteiger partial charge on any atom is 0.359 e. The van der Waals surface area contributed by atoms with Crippen molar-refractivity contribution in [3.8, 4) is 6.07 Å². The number of esters is 2. The van der Waals surface area contributed by atoms with E-state index in [4.69, 9.17) is 15.2 Å². The number of anilines is 1. The highest BCUT2D eigenvalue weighted by Gasteiger charge is 2.24. The monoisotopic (exact) mass is 438 g/mol. The standard InChI is InChI=1S/C21H18N4O5S/c1-2-29-21(28)18-15(14(10-22)19(23)31-18)12-30-20(27)16-8-9-17(26)25(24-16)11-13-6-4-3-5-7-13/h3-9H,2,11-12,23H2,1H3. The summed E-state index contributed by atoms with van der Waals surface area (Å²) < 4.78 is 11.4. The summed E-state index contributed by atoms with van der Waals surface area (Å²) in [6.07, 6.45) is 0. The minimum Gasteiger partial charge on any atom is -0.462 e. The molecule has 2 N–H and O–H groups in total. The van der Waals surface area contributed by atoms with Crippen LogP contribution in [-0.2, 0) is 22.6 Å². The lowest BCUT2D eigenvalue weighted by molar-refractivity contribution is 0.0444. The van der Waals surface area contributed by atoms with Gasteiger partial charge in [-0.15, -0.1) is 11.3 Å². The Morgan fingerprint density at radius 2 is 1.90 bits per heavy atom. The highest BCUT2D eigenvalue weighted by Crippen LogP contribution is 2.32. The molecule has 0 aliphatic heterocycles. The Kier molecular flexibility index (Phi) is 6.79. The van der Waals surface area contributed by atoms with Gasteiger partial charge in [0.05, 0.1) is 18.7 Å². The van der Waals surface area contributed by atoms with Crippen molar-refractivity contribution in [3.63, 3.8) is 0 Å². The van der Waals surface area contributed by atoms with Crippen molar-refractivity contribution < 1.29 is 19.1 Å². The lowest BCUT2D eigenvalue weighted by Crippen LogP contribution is -2.25. The van der Waals surface area contributed by atoms with E-state index >= 15 is 0 Å². The first-order valence-electron chi connectivity index (χ1n) is 9.22. The third-order valence-electron chi connectivity index (χ3n) is 4.21. The number of carbonyl (C=O) groups is 2. The summed E-state index contributed by atoms with van der Waals surface area (Å²) >= 11 is 0.895. The second-order valence-electron chi connectivity index (χ2n) is 6.26. The van der Waals surface area contributed by atoms with Crippen LogP contribution in [0.2, 0.25) is 0 Å². The summed E-state index contributed by atoms with van der Waals surface area (Å²) in [7, 11) is 0. The van der Waals surface area contributed by atoms with Crippen LogP contribution in [0.5, 0.6) is 0 Å². The number of nitrogen functional groups attached to an aromatic ring is 1. The van der Waals surface area contributed by atoms with Crippen molar-refractivity contribution in [3.05, 3.63) is 80.1 Å². The van der Waals surface area contributed by atoms with E-state index in [1.165, 1.54) is 12.1 Å². The van der Waals surface area contributed by atoms with Gasteiger partial charge in [0.2, 0.25) is 0 Å². The normalized spacial score (nSPS) is 10.3. The van der Waals surface area contributed by atoms with E-state index in [-0.39, 0.29) is 52.0 Å². The Labute approximate surface area is 181 Å². The van der Waals surface area contributed by atoms with Crippen molar-refractivity contribution in [2.24, 2.45) is 0 Å². The van der Waals surface area contributed by atoms with Gasteiger partial charge >= 0.3 is 11.9 Å². The van der Waals surface area contributed by atoms with Crippen molar-refractivity contribution in [2.45, 2.75) is 20.1 Å². The average Bonchev–Trinajstić information content (AvgIpc) is 3.09. The summed E-state index contributed by atoms with van der Waals surface area (Å²) in [4.78, 5) is 36.9. The van der Waals surface area contributed by atoms with E-state index in [1.54, 1.807) is 6.92 Å². The second-order valence-corrected chi connectivity index (χ2v) is 7.31. The SMILES string of the molecule is CCOC(=O)c1sc(N)c(C#N)c1COC(=O)c1ccc(=O)n(Cc2ccccc2)n1. The van der Waals surface area contributed by atoms with Crippen LogP contribution in [-0.4, -0.2) is 28.3 Å². The highest BCUT2D eigenvalue weighted by atomic mass is 32.1. The predicted octanol–water partition coefficient (Wildman–Crippen LogP) is 2.34. The van der Waals surface area contributed by atoms with Gasteiger partial charge in [0.25, 0.3) is 5.56 Å². The minimum atomic E-state index is -0.815. The van der Waals surface area contributed by atoms with E-state index in [1.807, 2.05) is 36.4 Å². The molecule has 9 nitrogen and oxygen atoms in total. The second kappa shape index (κ2) is 9.69. The molecule has 0 fully saturated rings. The maximum absolute atomic E-state index is 12.5. The van der Waals surface area contributed by atoms with E-state index in [0.717, 1.165) is 21.6 Å². The number of carbonyl (C=O) groups excluding carboxylic acids is 2. The smallest absolute Gasteiger partial charge is 0.359 e. The number of rotatable bonds is 7. The zero-order valence-electron chi connectivity index (χ0n) is 16.5. The summed E-state index contributed by atoms with van der Waals surface area (Å²) in [5.41, 5.74) is 6.43. The van der Waals surface area contributed by atoms with Gasteiger partial charge in [-0.05, 0) is 18.6 Å². The highest BCUT2D eigenvalue weighted by molar-refractivity contribution is 7.18. The van der Waals surface area contributed by atoms with Gasteiger partial charge < -0.3 is 15.2 Å². The summed E-state index contributed by atoms with van der Waals surface area (Å²) in [6.45, 7) is 1.61. The Bertz CT molecular complexity index is 1210. The number of hydrogen-bond donors (Lipinski definition) is 1. The number of aromatic nitrogens is 2. The van der Waals surface area contributed by atoms with E-state index in [9.17, 15) is 19.6 Å². The van der Waals surface area contributed by atoms with Crippen molar-refractivity contribution in [2.75, 3.05) is 12.3 Å². The fourth-order valence-electron chi connectivity index (χ4n) is 2.75. The number of hydrogen-bond acceptors (Lipinski definition) is 9. The molecule has 0 radical (unpaired) electrons. The van der Waals surface area contributed by atoms with Crippen LogP contribution < -0.4 is 11.3 Å². The van der Waals surface area contributed by atoms with Crippen LogP contribution in [0.25, 0.3) is 0 Å². The molecule has 0 amide bonds. The predicted molar refractivity (Wildman–Crippen MR) is 113 cm³/mol. The number of thiophene rings is 1. The molecule has 0 bridgehead atoms. The van der Waals surface area contributed by atoms with Crippen LogP contribution in [0.3, 0.4) is 0 Å². The topological polar surface area (TPSA) is 137 Å². The molecule has 0 aliphatic carbocycles. The number of nitrogens with two attached hydrogens (primary N) is 1. The van der Waals surface area contributed by atoms with Crippen LogP contribution in [0, 0.1) is 11.3 Å². The van der Waals surface area contributed by atoms with E-state index in [2.05, 4.69) is 5.10 Å². The number of benzene rings is 1. The molecule has 0 atom stereocenters. The molecule has 0 saturated heterocycles. The van der Waals surface area contributed by atoms with Crippen LogP contribution in [0.1, 0.15) is 43.8 Å². The van der Waals surface area contributed by atoms with Gasteiger partial charge in [-0.25, -0.2) is 14.3 Å². The fraction of sp³-hybridized carbons (Fsp3) is 0.190. The lowest BCUT2D eigenvalue weighted by Gasteiger charge is -2.08. The fourth-order valence-corrected chi connectivity index (χ4v) is 3.66. The summed E-state index contributed by atoms with van der Waals surface area (Å²) in [6, 6.07) is 13.6. The number of nitrogens with zero attached hydrogens (tertiary/aromatic N) is 3. The molecular weight excluding hydrogens is 420 g/mol. The van der Waals surface area contributed by atoms with Gasteiger partial charge in [-0.1, -0.05) is 30.3 Å². The van der Waals surface area contributed by atoms with Gasteiger partial charge in [-0.3, -0.25) is 4.79 Å². The van der Waals surface area contributed by atoms with Gasteiger partial charge in [0.15, 0.2) is 5.69 Å². The molecule has 0 saturated carbocycles. The van der Waals surface area contributed by atoms with Crippen molar-refractivity contribution in [1.82, 2.24) is 9.78 Å². The molecular formula is C21H18N4O5S. The Morgan fingerprint density at radius 3 is 2.58 bits per heavy atom. The molecule has 158 valence electrons. The maximum atomic E-state index is 12.5. The largest absolute Gasteiger partial charge is 0.462 e. The summed E-state index contributed by atoms with van der Waals surface area (Å²) in [5, 5.41) is 13.5. The van der Waals surface area contributed by atoms with Crippen LogP contribution >= 0.6 is 11.3 Å². The van der Waals surface area contributed by atoms with Gasteiger partial charge in [0, 0.05) is 11.6 Å². The van der Waals surface area contributed by atoms with Crippen LogP contribution in [0.15, 0.2) is 47.3 Å². The molecule has 3 aromatic rings. The molecule has 10 heteroatoms.